The zero-order valence-corrected chi connectivity index (χ0v) is 17.7. The van der Waals surface area contributed by atoms with Gasteiger partial charge in [0.15, 0.2) is 0 Å². The Morgan fingerprint density at radius 3 is 2.44 bits per heavy atom. The van der Waals surface area contributed by atoms with Gasteiger partial charge in [-0.05, 0) is 62.1 Å². The van der Waals surface area contributed by atoms with Gasteiger partial charge < -0.3 is 5.32 Å². The molecule has 0 aliphatic heterocycles. The quantitative estimate of drug-likeness (QED) is 0.404. The summed E-state index contributed by atoms with van der Waals surface area (Å²) in [6.45, 7) is 6.28. The Morgan fingerprint density at radius 1 is 1.15 bits per heavy atom. The van der Waals surface area contributed by atoms with Gasteiger partial charge in [0.05, 0.1) is 5.69 Å². The Bertz CT molecular complexity index is 658. The molecule has 1 fully saturated rings. The van der Waals surface area contributed by atoms with Gasteiger partial charge in [-0.3, -0.25) is 9.59 Å². The molecular formula is C23H33NO2S. The number of anilines is 1. The minimum Gasteiger partial charge on any atom is -0.325 e. The van der Waals surface area contributed by atoms with Gasteiger partial charge >= 0.3 is 0 Å². The van der Waals surface area contributed by atoms with E-state index in [0.717, 1.165) is 67.3 Å². The fourth-order valence-electron chi connectivity index (χ4n) is 4.07. The van der Waals surface area contributed by atoms with Crippen LogP contribution >= 0.6 is 11.8 Å². The van der Waals surface area contributed by atoms with Gasteiger partial charge in [-0.15, -0.1) is 0 Å². The minimum absolute atomic E-state index is 0.0244. The van der Waals surface area contributed by atoms with Gasteiger partial charge in [0.25, 0.3) is 0 Å². The average molecular weight is 388 g/mol. The maximum atomic E-state index is 13.4. The van der Waals surface area contributed by atoms with Crippen molar-refractivity contribution in [1.82, 2.24) is 0 Å². The van der Waals surface area contributed by atoms with E-state index in [1.165, 1.54) is 6.42 Å². The second-order valence-electron chi connectivity index (χ2n) is 7.60. The summed E-state index contributed by atoms with van der Waals surface area (Å²) in [5.41, 5.74) is 0.486. The lowest BCUT2D eigenvalue weighted by atomic mass is 9.67. The summed E-state index contributed by atoms with van der Waals surface area (Å²) in [5.74, 6) is 0.732. The Labute approximate surface area is 168 Å². The van der Waals surface area contributed by atoms with Crippen LogP contribution in [-0.4, -0.2) is 11.0 Å². The second kappa shape index (κ2) is 10.7. The summed E-state index contributed by atoms with van der Waals surface area (Å²) in [7, 11) is 0. The first-order valence-electron chi connectivity index (χ1n) is 10.3. The molecule has 148 valence electrons. The molecule has 0 bridgehead atoms. The van der Waals surface area contributed by atoms with Crippen molar-refractivity contribution in [3.05, 3.63) is 36.4 Å². The van der Waals surface area contributed by atoms with Gasteiger partial charge in [-0.25, -0.2) is 0 Å². The normalized spacial score (nSPS) is 16.6. The zero-order chi connectivity index (χ0) is 19.7. The van der Waals surface area contributed by atoms with Crippen LogP contribution in [0.25, 0.3) is 0 Å². The first-order chi connectivity index (χ1) is 13.0. The molecular weight excluding hydrogens is 354 g/mol. The van der Waals surface area contributed by atoms with Crippen LogP contribution < -0.4 is 5.32 Å². The molecule has 0 saturated heterocycles. The predicted octanol–water partition coefficient (Wildman–Crippen LogP) is 6.60. The van der Waals surface area contributed by atoms with Crippen molar-refractivity contribution < 1.29 is 9.59 Å². The van der Waals surface area contributed by atoms with E-state index in [1.807, 2.05) is 31.2 Å². The molecule has 0 heterocycles. The third-order valence-electron chi connectivity index (χ3n) is 5.78. The molecule has 1 N–H and O–H groups in total. The fraction of sp³-hybridized carbons (Fsp3) is 0.565. The molecule has 2 rings (SSSR count). The molecule has 1 saturated carbocycles. The summed E-state index contributed by atoms with van der Waals surface area (Å²) in [6.07, 6.45) is 11.9. The van der Waals surface area contributed by atoms with Crippen LogP contribution in [-0.2, 0) is 9.59 Å². The third-order valence-corrected chi connectivity index (χ3v) is 6.69. The number of rotatable bonds is 8. The van der Waals surface area contributed by atoms with Crippen molar-refractivity contribution in [3.8, 4) is 0 Å². The van der Waals surface area contributed by atoms with E-state index >= 15 is 0 Å². The van der Waals surface area contributed by atoms with Crippen LogP contribution in [0.4, 0.5) is 5.69 Å². The van der Waals surface area contributed by atoms with Crippen molar-refractivity contribution in [2.45, 2.75) is 77.0 Å². The summed E-state index contributed by atoms with van der Waals surface area (Å²) < 4.78 is 0. The van der Waals surface area contributed by atoms with Crippen molar-refractivity contribution in [2.75, 3.05) is 5.32 Å². The highest BCUT2D eigenvalue weighted by atomic mass is 32.2. The topological polar surface area (TPSA) is 46.2 Å². The highest BCUT2D eigenvalue weighted by molar-refractivity contribution is 8.14. The monoisotopic (exact) mass is 387 g/mol. The maximum Gasteiger partial charge on any atom is 0.230 e. The number of allylic oxidation sites excluding steroid dienone is 1. The average Bonchev–Trinajstić information content (AvgIpc) is 2.68. The highest BCUT2D eigenvalue weighted by Crippen LogP contribution is 2.44. The van der Waals surface area contributed by atoms with E-state index in [-0.39, 0.29) is 16.4 Å². The lowest BCUT2D eigenvalue weighted by molar-refractivity contribution is -0.128. The van der Waals surface area contributed by atoms with E-state index in [4.69, 9.17) is 0 Å². The molecule has 3 nitrogen and oxygen atoms in total. The van der Waals surface area contributed by atoms with Gasteiger partial charge in [0.1, 0.15) is 0 Å². The van der Waals surface area contributed by atoms with E-state index in [9.17, 15) is 9.59 Å². The molecule has 0 spiro atoms. The summed E-state index contributed by atoms with van der Waals surface area (Å²) in [5, 5.41) is 3.16. The first kappa shape index (κ1) is 21.7. The third kappa shape index (κ3) is 5.97. The number of amides is 1. The maximum absolute atomic E-state index is 13.4. The van der Waals surface area contributed by atoms with Crippen LogP contribution in [0.1, 0.15) is 72.1 Å². The standard InChI is InChI=1S/C23H33NO2S/c1-4-12-21(25)27-20-14-9-8-13-19(20)24-22(26)23(15-10-7-11-16-23)17-18(5-2)6-3/h4,8-9,12-14,18H,5-7,10-11,15-17H2,1-3H3,(H,24,26)/b12-4+. The van der Waals surface area contributed by atoms with Crippen molar-refractivity contribution >= 4 is 28.5 Å². The minimum atomic E-state index is -0.264. The van der Waals surface area contributed by atoms with E-state index in [1.54, 1.807) is 12.2 Å². The van der Waals surface area contributed by atoms with Crippen LogP contribution in [0.3, 0.4) is 0 Å². The first-order valence-corrected chi connectivity index (χ1v) is 11.1. The fourth-order valence-corrected chi connectivity index (χ4v) is 4.87. The molecule has 1 aromatic rings. The number of nitrogens with one attached hydrogen (secondary N) is 1. The SMILES string of the molecule is C/C=C/C(=O)Sc1ccccc1NC(=O)C1(CC(CC)CC)CCCCC1. The Kier molecular flexibility index (Phi) is 8.62. The number of para-hydroxylation sites is 1. The summed E-state index contributed by atoms with van der Waals surface area (Å²) in [6, 6.07) is 7.61. The van der Waals surface area contributed by atoms with Crippen molar-refractivity contribution in [2.24, 2.45) is 11.3 Å². The van der Waals surface area contributed by atoms with Gasteiger partial charge in [-0.1, -0.05) is 64.2 Å². The molecule has 4 heteroatoms. The molecule has 1 amide bonds. The summed E-state index contributed by atoms with van der Waals surface area (Å²) in [4.78, 5) is 26.2. The van der Waals surface area contributed by atoms with E-state index in [2.05, 4.69) is 19.2 Å². The number of hydrogen-bond donors (Lipinski definition) is 1. The molecule has 0 atom stereocenters. The number of benzene rings is 1. The second-order valence-corrected chi connectivity index (χ2v) is 8.65. The molecule has 27 heavy (non-hydrogen) atoms. The highest BCUT2D eigenvalue weighted by Gasteiger charge is 2.40. The Hall–Kier alpha value is -1.55. The zero-order valence-electron chi connectivity index (χ0n) is 16.9. The van der Waals surface area contributed by atoms with Gasteiger partial charge in [-0.2, -0.15) is 0 Å². The Balaban J connectivity index is 2.21. The van der Waals surface area contributed by atoms with Crippen molar-refractivity contribution in [3.63, 3.8) is 0 Å². The number of thioether (sulfide) groups is 1. The molecule has 0 aromatic heterocycles. The number of carbonyl (C=O) groups excluding carboxylic acids is 2. The molecule has 1 aliphatic carbocycles. The smallest absolute Gasteiger partial charge is 0.230 e. The summed E-state index contributed by atoms with van der Waals surface area (Å²) >= 11 is 1.16. The Morgan fingerprint density at radius 2 is 1.81 bits per heavy atom. The van der Waals surface area contributed by atoms with Crippen LogP contribution in [0.15, 0.2) is 41.3 Å². The van der Waals surface area contributed by atoms with Crippen LogP contribution in [0.2, 0.25) is 0 Å². The van der Waals surface area contributed by atoms with Crippen molar-refractivity contribution in [1.29, 1.82) is 0 Å². The molecule has 0 radical (unpaired) electrons. The number of hydrogen-bond acceptors (Lipinski definition) is 3. The van der Waals surface area contributed by atoms with Gasteiger partial charge in [0, 0.05) is 10.3 Å². The number of carbonyl (C=O) groups is 2. The lowest BCUT2D eigenvalue weighted by Gasteiger charge is -2.38. The predicted molar refractivity (Wildman–Crippen MR) is 115 cm³/mol. The lowest BCUT2D eigenvalue weighted by Crippen LogP contribution is -2.39. The van der Waals surface area contributed by atoms with E-state index in [0.29, 0.717) is 5.92 Å². The van der Waals surface area contributed by atoms with Gasteiger partial charge in [0.2, 0.25) is 11.0 Å². The van der Waals surface area contributed by atoms with Crippen LogP contribution in [0, 0.1) is 11.3 Å². The largest absolute Gasteiger partial charge is 0.325 e. The molecule has 1 aliphatic rings. The molecule has 0 unspecified atom stereocenters. The van der Waals surface area contributed by atoms with Crippen LogP contribution in [0.5, 0.6) is 0 Å². The molecule has 1 aromatic carbocycles. The van der Waals surface area contributed by atoms with E-state index < -0.39 is 0 Å².